The Labute approximate surface area is 99.6 Å². The number of anilines is 1. The third-order valence-electron chi connectivity index (χ3n) is 3.18. The minimum Gasteiger partial charge on any atom is -0.478 e. The molecule has 1 aliphatic rings. The number of carboxylic acid groups (broad SMARTS) is 1. The van der Waals surface area contributed by atoms with Crippen LogP contribution in [0.5, 0.6) is 0 Å². The van der Waals surface area contributed by atoms with Gasteiger partial charge in [-0.2, -0.15) is 0 Å². The minimum atomic E-state index is -0.957. The van der Waals surface area contributed by atoms with Gasteiger partial charge in [-0.25, -0.2) is 4.79 Å². The second kappa shape index (κ2) is 4.20. The number of carbonyl (C=O) groups is 2. The van der Waals surface area contributed by atoms with E-state index in [0.717, 1.165) is 12.0 Å². The van der Waals surface area contributed by atoms with Crippen LogP contribution in [-0.2, 0) is 4.79 Å². The van der Waals surface area contributed by atoms with Crippen molar-refractivity contribution in [2.45, 2.75) is 20.3 Å². The minimum absolute atomic E-state index is 0.0312. The van der Waals surface area contributed by atoms with Crippen molar-refractivity contribution in [1.29, 1.82) is 0 Å². The molecule has 2 N–H and O–H groups in total. The lowest BCUT2D eigenvalue weighted by atomic mass is 10.1. The number of nitrogens with one attached hydrogen (secondary N) is 1. The van der Waals surface area contributed by atoms with E-state index in [1.165, 1.54) is 6.07 Å². The number of hydrogen-bond acceptors (Lipinski definition) is 2. The van der Waals surface area contributed by atoms with Crippen LogP contribution in [0, 0.1) is 18.8 Å². The molecule has 1 aromatic carbocycles. The molecule has 1 aliphatic carbocycles. The molecule has 0 radical (unpaired) electrons. The Kier molecular flexibility index (Phi) is 2.88. The SMILES string of the molecule is Cc1cc(C(=O)O)ccc1NC(=O)C1CC1C. The van der Waals surface area contributed by atoms with Crippen molar-refractivity contribution in [3.63, 3.8) is 0 Å². The number of hydrogen-bond donors (Lipinski definition) is 2. The lowest BCUT2D eigenvalue weighted by molar-refractivity contribution is -0.117. The maximum absolute atomic E-state index is 11.7. The molecule has 2 unspecified atom stereocenters. The van der Waals surface area contributed by atoms with Crippen LogP contribution >= 0.6 is 0 Å². The van der Waals surface area contributed by atoms with Crippen LogP contribution in [0.15, 0.2) is 18.2 Å². The van der Waals surface area contributed by atoms with Gasteiger partial charge >= 0.3 is 5.97 Å². The second-order valence-corrected chi connectivity index (χ2v) is 4.64. The fourth-order valence-electron chi connectivity index (χ4n) is 1.85. The molecule has 1 amide bonds. The maximum Gasteiger partial charge on any atom is 0.335 e. The van der Waals surface area contributed by atoms with E-state index in [9.17, 15) is 9.59 Å². The van der Waals surface area contributed by atoms with E-state index in [4.69, 9.17) is 5.11 Å². The average Bonchev–Trinajstić information content (AvgIpc) is 2.98. The molecular weight excluding hydrogens is 218 g/mol. The predicted octanol–water partition coefficient (Wildman–Crippen LogP) is 2.29. The highest BCUT2D eigenvalue weighted by molar-refractivity contribution is 5.96. The second-order valence-electron chi connectivity index (χ2n) is 4.64. The summed E-state index contributed by atoms with van der Waals surface area (Å²) in [6.45, 7) is 3.84. The first kappa shape index (κ1) is 11.6. The van der Waals surface area contributed by atoms with Gasteiger partial charge in [0, 0.05) is 11.6 Å². The molecule has 0 heterocycles. The van der Waals surface area contributed by atoms with E-state index in [1.54, 1.807) is 19.1 Å². The Morgan fingerprint density at radius 1 is 1.41 bits per heavy atom. The Hall–Kier alpha value is -1.84. The molecule has 1 fully saturated rings. The van der Waals surface area contributed by atoms with Gasteiger partial charge in [0.25, 0.3) is 0 Å². The highest BCUT2D eigenvalue weighted by atomic mass is 16.4. The van der Waals surface area contributed by atoms with Crippen LogP contribution < -0.4 is 5.32 Å². The largest absolute Gasteiger partial charge is 0.478 e. The molecule has 17 heavy (non-hydrogen) atoms. The molecule has 1 saturated carbocycles. The average molecular weight is 233 g/mol. The molecular formula is C13H15NO3. The number of carbonyl (C=O) groups excluding carboxylic acids is 1. The summed E-state index contributed by atoms with van der Waals surface area (Å²) in [5.74, 6) is -0.340. The molecule has 0 bridgehead atoms. The quantitative estimate of drug-likeness (QED) is 0.841. The van der Waals surface area contributed by atoms with Crippen molar-refractivity contribution >= 4 is 17.6 Å². The Morgan fingerprint density at radius 2 is 2.06 bits per heavy atom. The van der Waals surface area contributed by atoms with Crippen LogP contribution in [0.4, 0.5) is 5.69 Å². The normalized spacial score (nSPS) is 22.0. The number of aromatic carboxylic acids is 1. The zero-order chi connectivity index (χ0) is 12.6. The summed E-state index contributed by atoms with van der Waals surface area (Å²) in [5, 5.41) is 11.7. The lowest BCUT2D eigenvalue weighted by Gasteiger charge is -2.08. The predicted molar refractivity (Wildman–Crippen MR) is 64.0 cm³/mol. The van der Waals surface area contributed by atoms with Gasteiger partial charge in [0.1, 0.15) is 0 Å². The third kappa shape index (κ3) is 2.46. The zero-order valence-electron chi connectivity index (χ0n) is 9.86. The van der Waals surface area contributed by atoms with Gasteiger partial charge in [-0.15, -0.1) is 0 Å². The Bertz CT molecular complexity index is 482. The molecule has 0 aromatic heterocycles. The third-order valence-corrected chi connectivity index (χ3v) is 3.18. The van der Waals surface area contributed by atoms with Crippen LogP contribution in [0.1, 0.15) is 29.3 Å². The summed E-state index contributed by atoms with van der Waals surface area (Å²) in [5.41, 5.74) is 1.70. The highest BCUT2D eigenvalue weighted by Crippen LogP contribution is 2.38. The number of rotatable bonds is 3. The van der Waals surface area contributed by atoms with Crippen molar-refractivity contribution in [3.05, 3.63) is 29.3 Å². The monoisotopic (exact) mass is 233 g/mol. The van der Waals surface area contributed by atoms with Crippen LogP contribution in [0.25, 0.3) is 0 Å². The van der Waals surface area contributed by atoms with Gasteiger partial charge in [-0.3, -0.25) is 4.79 Å². The molecule has 90 valence electrons. The van der Waals surface area contributed by atoms with E-state index >= 15 is 0 Å². The molecule has 0 spiro atoms. The van der Waals surface area contributed by atoms with Crippen LogP contribution in [0.2, 0.25) is 0 Å². The first-order chi connectivity index (χ1) is 7.99. The van der Waals surface area contributed by atoms with Gasteiger partial charge in [-0.1, -0.05) is 6.92 Å². The van der Waals surface area contributed by atoms with Crippen LogP contribution in [-0.4, -0.2) is 17.0 Å². The summed E-state index contributed by atoms with van der Waals surface area (Å²) in [6.07, 6.45) is 0.943. The van der Waals surface area contributed by atoms with Gasteiger partial charge in [-0.05, 0) is 43.0 Å². The molecule has 2 rings (SSSR count). The van der Waals surface area contributed by atoms with E-state index in [0.29, 0.717) is 11.6 Å². The Balaban J connectivity index is 2.11. The van der Waals surface area contributed by atoms with Crippen LogP contribution in [0.3, 0.4) is 0 Å². The van der Waals surface area contributed by atoms with Crippen molar-refractivity contribution in [2.24, 2.45) is 11.8 Å². The molecule has 4 nitrogen and oxygen atoms in total. The first-order valence-corrected chi connectivity index (χ1v) is 5.64. The van der Waals surface area contributed by atoms with Crippen molar-refractivity contribution in [3.8, 4) is 0 Å². The summed E-state index contributed by atoms with van der Waals surface area (Å²) in [6, 6.07) is 4.71. The summed E-state index contributed by atoms with van der Waals surface area (Å²) in [7, 11) is 0. The first-order valence-electron chi connectivity index (χ1n) is 5.64. The maximum atomic E-state index is 11.7. The Morgan fingerprint density at radius 3 is 2.53 bits per heavy atom. The topological polar surface area (TPSA) is 66.4 Å². The molecule has 2 atom stereocenters. The number of carboxylic acids is 1. The molecule has 4 heteroatoms. The summed E-state index contributed by atoms with van der Waals surface area (Å²) in [4.78, 5) is 22.5. The number of amides is 1. The van der Waals surface area contributed by atoms with E-state index in [-0.39, 0.29) is 17.4 Å². The summed E-state index contributed by atoms with van der Waals surface area (Å²) < 4.78 is 0. The van der Waals surface area contributed by atoms with Crippen molar-refractivity contribution in [2.75, 3.05) is 5.32 Å². The van der Waals surface area contributed by atoms with Crippen molar-refractivity contribution < 1.29 is 14.7 Å². The number of benzene rings is 1. The molecule has 1 aromatic rings. The fourth-order valence-corrected chi connectivity index (χ4v) is 1.85. The van der Waals surface area contributed by atoms with E-state index in [1.807, 2.05) is 6.92 Å². The van der Waals surface area contributed by atoms with Crippen molar-refractivity contribution in [1.82, 2.24) is 0 Å². The fraction of sp³-hybridized carbons (Fsp3) is 0.385. The molecule has 0 saturated heterocycles. The smallest absolute Gasteiger partial charge is 0.335 e. The molecule has 0 aliphatic heterocycles. The highest BCUT2D eigenvalue weighted by Gasteiger charge is 2.39. The van der Waals surface area contributed by atoms with Gasteiger partial charge < -0.3 is 10.4 Å². The zero-order valence-corrected chi connectivity index (χ0v) is 9.86. The summed E-state index contributed by atoms with van der Waals surface area (Å²) >= 11 is 0. The van der Waals surface area contributed by atoms with Gasteiger partial charge in [0.15, 0.2) is 0 Å². The van der Waals surface area contributed by atoms with Gasteiger partial charge in [0.05, 0.1) is 5.56 Å². The standard InChI is InChI=1S/C13H15NO3/c1-7-6-10(7)12(15)14-11-4-3-9(13(16)17)5-8(11)2/h3-5,7,10H,6H2,1-2H3,(H,14,15)(H,16,17). The lowest BCUT2D eigenvalue weighted by Crippen LogP contribution is -2.15. The van der Waals surface area contributed by atoms with E-state index < -0.39 is 5.97 Å². The van der Waals surface area contributed by atoms with E-state index in [2.05, 4.69) is 5.32 Å². The van der Waals surface area contributed by atoms with Gasteiger partial charge in [0.2, 0.25) is 5.91 Å². The number of aryl methyl sites for hydroxylation is 1.